The standard InChI is InChI=1S/C16H19F2N5O3/c17-9-2-1-7(3-10(9)18)13(24)8-4-11(15(26)14(8)25)20-5-12-21-6-22-16(19)23-12/h1-3,6,8,11,13-15,20,24-26H,4-5H2,(H2,19,21,22,23)/t8-,11-,13+,14-,15+/m1/s1. The zero-order chi connectivity index (χ0) is 18.8. The van der Waals surface area contributed by atoms with Gasteiger partial charge >= 0.3 is 0 Å². The Balaban J connectivity index is 1.67. The molecule has 5 atom stereocenters. The molecule has 1 aliphatic carbocycles. The van der Waals surface area contributed by atoms with E-state index in [-0.39, 0.29) is 24.5 Å². The van der Waals surface area contributed by atoms with Crippen molar-refractivity contribution in [2.24, 2.45) is 5.92 Å². The molecule has 1 aromatic heterocycles. The fourth-order valence-electron chi connectivity index (χ4n) is 3.18. The van der Waals surface area contributed by atoms with E-state index in [9.17, 15) is 24.1 Å². The van der Waals surface area contributed by atoms with Gasteiger partial charge in [-0.2, -0.15) is 4.98 Å². The highest BCUT2D eigenvalue weighted by atomic mass is 19.2. The van der Waals surface area contributed by atoms with Crippen LogP contribution >= 0.6 is 0 Å². The molecule has 0 saturated heterocycles. The number of nitrogens with zero attached hydrogens (tertiary/aromatic N) is 3. The van der Waals surface area contributed by atoms with Crippen molar-refractivity contribution in [1.82, 2.24) is 20.3 Å². The number of aromatic nitrogens is 3. The van der Waals surface area contributed by atoms with Gasteiger partial charge in [0, 0.05) is 12.0 Å². The third-order valence-corrected chi connectivity index (χ3v) is 4.58. The fraction of sp³-hybridized carbons (Fsp3) is 0.438. The maximum Gasteiger partial charge on any atom is 0.223 e. The molecule has 10 heteroatoms. The van der Waals surface area contributed by atoms with Crippen LogP contribution in [-0.4, -0.2) is 48.5 Å². The molecule has 0 spiro atoms. The van der Waals surface area contributed by atoms with E-state index in [4.69, 9.17) is 5.73 Å². The molecular formula is C16H19F2N5O3. The quantitative estimate of drug-likeness (QED) is 0.484. The van der Waals surface area contributed by atoms with Crippen LogP contribution in [0.25, 0.3) is 0 Å². The Hall–Kier alpha value is -2.27. The van der Waals surface area contributed by atoms with Crippen LogP contribution in [0.5, 0.6) is 0 Å². The lowest BCUT2D eigenvalue weighted by atomic mass is 9.92. The second kappa shape index (κ2) is 7.54. The van der Waals surface area contributed by atoms with Gasteiger partial charge in [0.15, 0.2) is 11.6 Å². The molecule has 0 aliphatic heterocycles. The van der Waals surface area contributed by atoms with E-state index in [0.29, 0.717) is 5.82 Å². The normalized spacial score (nSPS) is 26.8. The van der Waals surface area contributed by atoms with Crippen molar-refractivity contribution in [3.8, 4) is 0 Å². The summed E-state index contributed by atoms with van der Waals surface area (Å²) in [6, 6.07) is 2.49. The predicted octanol–water partition coefficient (Wildman–Crippen LogP) is -0.335. The number of benzene rings is 1. The zero-order valence-electron chi connectivity index (χ0n) is 13.6. The lowest BCUT2D eigenvalue weighted by Crippen LogP contribution is -2.40. The highest BCUT2D eigenvalue weighted by Crippen LogP contribution is 2.37. The topological polar surface area (TPSA) is 137 Å². The largest absolute Gasteiger partial charge is 0.390 e. The number of aliphatic hydroxyl groups excluding tert-OH is 3. The highest BCUT2D eigenvalue weighted by molar-refractivity contribution is 5.22. The van der Waals surface area contributed by atoms with Crippen molar-refractivity contribution in [3.63, 3.8) is 0 Å². The first kappa shape index (κ1) is 18.5. The molecule has 1 fully saturated rings. The summed E-state index contributed by atoms with van der Waals surface area (Å²) >= 11 is 0. The minimum absolute atomic E-state index is 0.0652. The first-order chi connectivity index (χ1) is 12.4. The van der Waals surface area contributed by atoms with Gasteiger partial charge in [0.2, 0.25) is 5.95 Å². The molecule has 6 N–H and O–H groups in total. The van der Waals surface area contributed by atoms with Crippen molar-refractivity contribution in [2.75, 3.05) is 5.73 Å². The molecule has 26 heavy (non-hydrogen) atoms. The van der Waals surface area contributed by atoms with Gasteiger partial charge in [0.05, 0.1) is 24.9 Å². The monoisotopic (exact) mass is 367 g/mol. The third-order valence-electron chi connectivity index (χ3n) is 4.58. The molecule has 3 rings (SSSR count). The van der Waals surface area contributed by atoms with Gasteiger partial charge in [0.25, 0.3) is 0 Å². The predicted molar refractivity (Wildman–Crippen MR) is 86.3 cm³/mol. The Labute approximate surface area is 147 Å². The summed E-state index contributed by atoms with van der Waals surface area (Å²) in [6.07, 6.45) is -2.18. The molecule has 140 valence electrons. The molecule has 1 heterocycles. The third kappa shape index (κ3) is 3.78. The molecule has 0 unspecified atom stereocenters. The Morgan fingerprint density at radius 3 is 2.65 bits per heavy atom. The van der Waals surface area contributed by atoms with Gasteiger partial charge in [-0.05, 0) is 24.1 Å². The van der Waals surface area contributed by atoms with Gasteiger partial charge in [-0.15, -0.1) is 0 Å². The smallest absolute Gasteiger partial charge is 0.223 e. The van der Waals surface area contributed by atoms with Crippen molar-refractivity contribution < 1.29 is 24.1 Å². The molecule has 1 aromatic carbocycles. The molecular weight excluding hydrogens is 348 g/mol. The maximum atomic E-state index is 13.4. The molecule has 0 bridgehead atoms. The van der Waals surface area contributed by atoms with Crippen LogP contribution in [0.1, 0.15) is 23.9 Å². The summed E-state index contributed by atoms with van der Waals surface area (Å²) in [7, 11) is 0. The summed E-state index contributed by atoms with van der Waals surface area (Å²) < 4.78 is 26.4. The van der Waals surface area contributed by atoms with Gasteiger partial charge in [-0.25, -0.2) is 18.7 Å². The summed E-state index contributed by atoms with van der Waals surface area (Å²) in [5.74, 6) is -2.43. The summed E-state index contributed by atoms with van der Waals surface area (Å²) in [6.45, 7) is 0.176. The van der Waals surface area contributed by atoms with E-state index in [0.717, 1.165) is 12.1 Å². The van der Waals surface area contributed by atoms with Crippen molar-refractivity contribution in [1.29, 1.82) is 0 Å². The average molecular weight is 367 g/mol. The first-order valence-corrected chi connectivity index (χ1v) is 8.02. The number of rotatable bonds is 5. The highest BCUT2D eigenvalue weighted by Gasteiger charge is 2.44. The lowest BCUT2D eigenvalue weighted by molar-refractivity contribution is -0.0247. The molecule has 1 aliphatic rings. The van der Waals surface area contributed by atoms with Crippen LogP contribution in [0.15, 0.2) is 24.5 Å². The van der Waals surface area contributed by atoms with Crippen LogP contribution in [0.4, 0.5) is 14.7 Å². The van der Waals surface area contributed by atoms with Crippen LogP contribution in [0, 0.1) is 17.6 Å². The van der Waals surface area contributed by atoms with Gasteiger partial charge in [-0.3, -0.25) is 0 Å². The molecule has 2 aromatic rings. The number of nitrogens with one attached hydrogen (secondary N) is 1. The second-order valence-corrected chi connectivity index (χ2v) is 6.25. The number of nitrogen functional groups attached to an aromatic ring is 1. The number of halogens is 2. The Bertz CT molecular complexity index is 781. The average Bonchev–Trinajstić information content (AvgIpc) is 2.90. The lowest BCUT2D eigenvalue weighted by Gasteiger charge is -2.22. The van der Waals surface area contributed by atoms with E-state index < -0.39 is 41.9 Å². The maximum absolute atomic E-state index is 13.4. The van der Waals surface area contributed by atoms with Crippen LogP contribution in [0.3, 0.4) is 0 Å². The van der Waals surface area contributed by atoms with Crippen molar-refractivity contribution >= 4 is 5.95 Å². The minimum atomic E-state index is -1.26. The van der Waals surface area contributed by atoms with E-state index in [1.54, 1.807) is 0 Å². The Kier molecular flexibility index (Phi) is 5.37. The molecule has 1 saturated carbocycles. The molecule has 8 nitrogen and oxygen atoms in total. The van der Waals surface area contributed by atoms with E-state index in [1.807, 2.05) is 0 Å². The van der Waals surface area contributed by atoms with E-state index in [1.165, 1.54) is 12.4 Å². The van der Waals surface area contributed by atoms with Crippen LogP contribution in [0.2, 0.25) is 0 Å². The number of hydrogen-bond donors (Lipinski definition) is 5. The summed E-state index contributed by atoms with van der Waals surface area (Å²) in [4.78, 5) is 11.5. The van der Waals surface area contributed by atoms with Gasteiger partial charge in [0.1, 0.15) is 12.2 Å². The second-order valence-electron chi connectivity index (χ2n) is 6.25. The summed E-state index contributed by atoms with van der Waals surface area (Å²) in [5.41, 5.74) is 5.60. The zero-order valence-corrected chi connectivity index (χ0v) is 13.6. The number of anilines is 1. The number of aliphatic hydroxyl groups is 3. The molecule has 0 amide bonds. The molecule has 0 radical (unpaired) electrons. The first-order valence-electron chi connectivity index (χ1n) is 8.02. The van der Waals surface area contributed by atoms with Crippen molar-refractivity contribution in [3.05, 3.63) is 47.5 Å². The van der Waals surface area contributed by atoms with Crippen LogP contribution in [-0.2, 0) is 6.54 Å². The Morgan fingerprint density at radius 1 is 1.19 bits per heavy atom. The number of hydrogen-bond acceptors (Lipinski definition) is 8. The van der Waals surface area contributed by atoms with Crippen LogP contribution < -0.4 is 11.1 Å². The van der Waals surface area contributed by atoms with Gasteiger partial charge in [-0.1, -0.05) is 6.07 Å². The van der Waals surface area contributed by atoms with Gasteiger partial charge < -0.3 is 26.4 Å². The van der Waals surface area contributed by atoms with E-state index >= 15 is 0 Å². The minimum Gasteiger partial charge on any atom is -0.390 e. The van der Waals surface area contributed by atoms with E-state index in [2.05, 4.69) is 20.3 Å². The number of nitrogens with two attached hydrogens (primary N) is 1. The van der Waals surface area contributed by atoms with Crippen molar-refractivity contribution in [2.45, 2.75) is 37.3 Å². The fourth-order valence-corrected chi connectivity index (χ4v) is 3.18. The Morgan fingerprint density at radius 2 is 1.96 bits per heavy atom. The summed E-state index contributed by atoms with van der Waals surface area (Å²) in [5, 5.41) is 33.9. The SMILES string of the molecule is Nc1ncnc(CN[C@@H]2C[C@H]([C@@H](O)c3ccc(F)c(F)c3)[C@@H](O)[C@H]2O)n1.